The summed E-state index contributed by atoms with van der Waals surface area (Å²) in [4.78, 5) is 13.9. The van der Waals surface area contributed by atoms with Gasteiger partial charge in [0, 0.05) is 24.1 Å². The molecule has 1 unspecified atom stereocenters. The third kappa shape index (κ3) is 5.05. The van der Waals surface area contributed by atoms with Crippen molar-refractivity contribution in [3.8, 4) is 0 Å². The van der Waals surface area contributed by atoms with Crippen molar-refractivity contribution in [3.05, 3.63) is 23.8 Å². The van der Waals surface area contributed by atoms with E-state index in [1.54, 1.807) is 0 Å². The van der Waals surface area contributed by atoms with Crippen LogP contribution in [-0.4, -0.2) is 46.3 Å². The third-order valence-electron chi connectivity index (χ3n) is 5.30. The van der Waals surface area contributed by atoms with Crippen molar-refractivity contribution >= 4 is 27.9 Å². The Bertz CT molecular complexity index is 614. The highest BCUT2D eigenvalue weighted by Gasteiger charge is 2.28. The van der Waals surface area contributed by atoms with E-state index in [0.717, 1.165) is 37.1 Å². The highest BCUT2D eigenvalue weighted by Crippen LogP contribution is 2.45. The number of nitrogen functional groups attached to an aromatic ring is 1. The minimum atomic E-state index is -2.39. The molecule has 0 aromatic heterocycles. The summed E-state index contributed by atoms with van der Waals surface area (Å²) < 4.78 is 24.5. The molecular weight excluding hydrogens is 352 g/mol. The maximum Gasteiger partial charge on any atom is 0.306 e. The van der Waals surface area contributed by atoms with Crippen LogP contribution in [0.5, 0.6) is 0 Å². The average molecular weight is 385 g/mol. The monoisotopic (exact) mass is 384 g/mol. The minimum Gasteiger partial charge on any atom is -0.469 e. The number of anilines is 2. The summed E-state index contributed by atoms with van der Waals surface area (Å²) in [5.41, 5.74) is 9.09. The summed E-state index contributed by atoms with van der Waals surface area (Å²) in [5, 5.41) is 0. The fourth-order valence-electron chi connectivity index (χ4n) is 3.70. The van der Waals surface area contributed by atoms with Crippen molar-refractivity contribution in [2.24, 2.45) is 0 Å². The van der Waals surface area contributed by atoms with Gasteiger partial charge in [-0.3, -0.25) is 13.9 Å². The van der Waals surface area contributed by atoms with Gasteiger partial charge in [0.25, 0.3) is 0 Å². The number of hydrogen-bond acceptors (Lipinski definition) is 6. The van der Waals surface area contributed by atoms with Gasteiger partial charge in [0.1, 0.15) is 0 Å². The standard InChI is InChI=1S/C19H32N2O4S/c1-4-14(13-19(22)25-3)15-6-7-18(17(20)12-15)21(5-2)16-8-10-26(23,24)11-9-16/h6-7,12,14,16,23-24H,4-5,8-11,13,20H2,1-3H3. The van der Waals surface area contributed by atoms with Crippen LogP contribution in [0.4, 0.5) is 11.4 Å². The van der Waals surface area contributed by atoms with Crippen molar-refractivity contribution < 1.29 is 18.6 Å². The van der Waals surface area contributed by atoms with Gasteiger partial charge in [-0.25, -0.2) is 0 Å². The van der Waals surface area contributed by atoms with Crippen LogP contribution in [-0.2, 0) is 9.53 Å². The minimum absolute atomic E-state index is 0.0940. The second-order valence-corrected chi connectivity index (χ2v) is 9.35. The second-order valence-electron chi connectivity index (χ2n) is 6.93. The van der Waals surface area contributed by atoms with E-state index in [-0.39, 0.29) is 17.9 Å². The number of nitrogens with zero attached hydrogens (tertiary/aromatic N) is 1. The molecule has 1 heterocycles. The smallest absolute Gasteiger partial charge is 0.306 e. The van der Waals surface area contributed by atoms with E-state index in [0.29, 0.717) is 23.6 Å². The predicted molar refractivity (Wildman–Crippen MR) is 109 cm³/mol. The van der Waals surface area contributed by atoms with Crippen LogP contribution in [0.15, 0.2) is 18.2 Å². The van der Waals surface area contributed by atoms with Gasteiger partial charge in [-0.15, -0.1) is 0 Å². The fraction of sp³-hybridized carbons (Fsp3) is 0.632. The fourth-order valence-corrected chi connectivity index (χ4v) is 5.21. The maximum atomic E-state index is 11.6. The van der Waals surface area contributed by atoms with E-state index in [4.69, 9.17) is 10.5 Å². The number of carbonyl (C=O) groups is 1. The number of rotatable bonds is 7. The molecule has 2 rings (SSSR count). The first-order valence-corrected chi connectivity index (χ1v) is 11.2. The lowest BCUT2D eigenvalue weighted by Crippen LogP contribution is -2.40. The van der Waals surface area contributed by atoms with Crippen LogP contribution in [0.25, 0.3) is 0 Å². The van der Waals surface area contributed by atoms with Gasteiger partial charge in [-0.05, 0) is 49.8 Å². The molecule has 0 spiro atoms. The van der Waals surface area contributed by atoms with E-state index in [1.165, 1.54) is 7.11 Å². The lowest BCUT2D eigenvalue weighted by atomic mass is 9.92. The van der Waals surface area contributed by atoms with Crippen molar-refractivity contribution in [1.29, 1.82) is 0 Å². The molecule has 6 nitrogen and oxygen atoms in total. The molecule has 1 aliphatic heterocycles. The molecule has 7 heteroatoms. The molecule has 4 N–H and O–H groups in total. The molecule has 1 atom stereocenters. The van der Waals surface area contributed by atoms with Crippen LogP contribution in [0.2, 0.25) is 0 Å². The molecule has 1 aromatic rings. The number of benzene rings is 1. The summed E-state index contributed by atoms with van der Waals surface area (Å²) in [7, 11) is -0.979. The largest absolute Gasteiger partial charge is 0.469 e. The molecule has 0 bridgehead atoms. The third-order valence-corrected chi connectivity index (χ3v) is 7.08. The molecular formula is C19H32N2O4S. The Morgan fingerprint density at radius 3 is 2.50 bits per heavy atom. The summed E-state index contributed by atoms with van der Waals surface area (Å²) in [5.74, 6) is 0.805. The van der Waals surface area contributed by atoms with Crippen LogP contribution in [0, 0.1) is 0 Å². The first kappa shape index (κ1) is 20.9. The zero-order valence-corrected chi connectivity index (χ0v) is 16.8. The molecule has 0 aliphatic carbocycles. The Labute approximate surface area is 158 Å². The van der Waals surface area contributed by atoms with Gasteiger partial charge in [-0.1, -0.05) is 13.0 Å². The molecule has 0 saturated carbocycles. The molecule has 0 radical (unpaired) electrons. The number of nitrogens with two attached hydrogens (primary N) is 1. The number of hydrogen-bond donors (Lipinski definition) is 3. The van der Waals surface area contributed by atoms with Gasteiger partial charge >= 0.3 is 5.97 Å². The SMILES string of the molecule is CCC(CC(=O)OC)c1ccc(N(CC)C2CCS(O)(O)CC2)c(N)c1. The van der Waals surface area contributed by atoms with Gasteiger partial charge in [-0.2, -0.15) is 10.6 Å². The van der Waals surface area contributed by atoms with Crippen molar-refractivity contribution in [3.63, 3.8) is 0 Å². The van der Waals surface area contributed by atoms with E-state index >= 15 is 0 Å². The highest BCUT2D eigenvalue weighted by molar-refractivity contribution is 8.24. The molecule has 0 amide bonds. The lowest BCUT2D eigenvalue weighted by Gasteiger charge is -2.44. The van der Waals surface area contributed by atoms with Crippen LogP contribution >= 0.6 is 10.6 Å². The van der Waals surface area contributed by atoms with E-state index in [1.807, 2.05) is 18.2 Å². The van der Waals surface area contributed by atoms with Crippen LogP contribution in [0.3, 0.4) is 0 Å². The Morgan fingerprint density at radius 1 is 1.35 bits per heavy atom. The Hall–Kier alpha value is -1.44. The van der Waals surface area contributed by atoms with Gasteiger partial charge in [0.2, 0.25) is 0 Å². The zero-order chi connectivity index (χ0) is 19.3. The Kier molecular flexibility index (Phi) is 7.20. The summed E-state index contributed by atoms with van der Waals surface area (Å²) in [6, 6.07) is 6.30. The first-order valence-electron chi connectivity index (χ1n) is 9.27. The summed E-state index contributed by atoms with van der Waals surface area (Å²) in [6.45, 7) is 4.95. The number of carbonyl (C=O) groups excluding carboxylic acids is 1. The van der Waals surface area contributed by atoms with E-state index in [2.05, 4.69) is 18.7 Å². The zero-order valence-electron chi connectivity index (χ0n) is 16.0. The predicted octanol–water partition coefficient (Wildman–Crippen LogP) is 4.06. The van der Waals surface area contributed by atoms with E-state index < -0.39 is 10.6 Å². The van der Waals surface area contributed by atoms with E-state index in [9.17, 15) is 13.9 Å². The summed E-state index contributed by atoms with van der Waals surface area (Å²) >= 11 is 0. The quantitative estimate of drug-likeness (QED) is 0.484. The molecule has 1 saturated heterocycles. The molecule has 1 aliphatic rings. The Balaban J connectivity index is 2.17. The van der Waals surface area contributed by atoms with Gasteiger partial charge < -0.3 is 15.4 Å². The first-order chi connectivity index (χ1) is 12.3. The number of esters is 1. The average Bonchev–Trinajstić information content (AvgIpc) is 2.62. The van der Waals surface area contributed by atoms with Crippen molar-refractivity contribution in [2.45, 2.75) is 51.5 Å². The van der Waals surface area contributed by atoms with Gasteiger partial charge in [0.05, 0.1) is 24.9 Å². The molecule has 148 valence electrons. The van der Waals surface area contributed by atoms with Crippen molar-refractivity contribution in [2.75, 3.05) is 35.8 Å². The molecule has 1 fully saturated rings. The second kappa shape index (κ2) is 8.97. The Morgan fingerprint density at radius 2 is 2.00 bits per heavy atom. The number of ether oxygens (including phenoxy) is 1. The molecule has 1 aromatic carbocycles. The maximum absolute atomic E-state index is 11.6. The van der Waals surface area contributed by atoms with Crippen molar-refractivity contribution in [1.82, 2.24) is 0 Å². The van der Waals surface area contributed by atoms with Gasteiger partial charge in [0.15, 0.2) is 0 Å². The number of methoxy groups -OCH3 is 1. The van der Waals surface area contributed by atoms with Crippen LogP contribution in [0.1, 0.15) is 51.0 Å². The highest BCUT2D eigenvalue weighted by atomic mass is 32.3. The normalized spacial score (nSPS) is 19.6. The summed E-state index contributed by atoms with van der Waals surface area (Å²) in [6.07, 6.45) is 2.71. The lowest BCUT2D eigenvalue weighted by molar-refractivity contribution is -0.141. The molecule has 26 heavy (non-hydrogen) atoms. The van der Waals surface area contributed by atoms with Crippen LogP contribution < -0.4 is 10.6 Å². The topological polar surface area (TPSA) is 96.0 Å².